The number of fused-ring (bicyclic) bond motifs is 1. The van der Waals surface area contributed by atoms with Crippen LogP contribution in [0.15, 0.2) is 82.1 Å². The molecule has 0 saturated carbocycles. The van der Waals surface area contributed by atoms with E-state index >= 15 is 0 Å². The number of halogens is 2. The molecule has 2 aliphatic rings. The third kappa shape index (κ3) is 5.62. The van der Waals surface area contributed by atoms with Crippen LogP contribution in [0.1, 0.15) is 46.3 Å². The number of nitrogens with one attached hydrogen (secondary N) is 1. The number of aromatic nitrogens is 2. The monoisotopic (exact) mass is 541 g/mol. The second kappa shape index (κ2) is 11.5. The van der Waals surface area contributed by atoms with E-state index in [1.165, 1.54) is 23.2 Å². The lowest BCUT2D eigenvalue weighted by molar-refractivity contribution is -0.110. The molecular weight excluding hydrogens is 516 g/mol. The van der Waals surface area contributed by atoms with Crippen LogP contribution in [0, 0.1) is 11.6 Å². The van der Waals surface area contributed by atoms with Gasteiger partial charge in [0.25, 0.3) is 11.5 Å². The molecule has 0 fully saturated rings. The van der Waals surface area contributed by atoms with Crippen LogP contribution in [-0.4, -0.2) is 34.0 Å². The summed E-state index contributed by atoms with van der Waals surface area (Å²) in [4.78, 5) is 46.4. The standard InChI is InChI=1S/C30H25F2N5O3/c31-24-8-6-19(11-25(24)32)16-37-17-34-15-23(30(37)40)28(38)4-2-1-3-18-5-7-21-22(29(39)36-27(21)12-18)13-26-20(14-33)9-10-35-26/h1,3,5-8,10-13,15,17H,2,4,9,14,16,33H2,(H,36,39)/b3-1+,22-13-. The number of carbonyl (C=O) groups excluding carboxylic acids is 2. The number of rotatable bonds is 9. The first kappa shape index (κ1) is 26.8. The number of nitrogens with zero attached hydrogens (tertiary/aromatic N) is 3. The van der Waals surface area contributed by atoms with E-state index in [2.05, 4.69) is 15.3 Å². The highest BCUT2D eigenvalue weighted by atomic mass is 19.2. The predicted octanol–water partition coefficient (Wildman–Crippen LogP) is 4.27. The normalized spacial score (nSPS) is 15.4. The maximum absolute atomic E-state index is 13.5. The van der Waals surface area contributed by atoms with Gasteiger partial charge in [-0.2, -0.15) is 0 Å². The zero-order chi connectivity index (χ0) is 28.2. The Labute approximate surface area is 228 Å². The van der Waals surface area contributed by atoms with E-state index in [1.807, 2.05) is 30.4 Å². The zero-order valence-electron chi connectivity index (χ0n) is 21.4. The molecule has 202 valence electrons. The topological polar surface area (TPSA) is 119 Å². The molecule has 40 heavy (non-hydrogen) atoms. The second-order valence-electron chi connectivity index (χ2n) is 9.38. The molecule has 8 nitrogen and oxygen atoms in total. The molecule has 0 bridgehead atoms. The van der Waals surface area contributed by atoms with Crippen LogP contribution in [0.25, 0.3) is 11.6 Å². The molecule has 2 aliphatic heterocycles. The Balaban J connectivity index is 1.23. The number of allylic oxidation sites excluding steroid dienone is 2. The van der Waals surface area contributed by atoms with Crippen LogP contribution in [0.4, 0.5) is 14.5 Å². The average molecular weight is 542 g/mol. The summed E-state index contributed by atoms with van der Waals surface area (Å²) in [5.74, 6) is -2.58. The first-order valence-electron chi connectivity index (χ1n) is 12.6. The number of anilines is 1. The van der Waals surface area contributed by atoms with Gasteiger partial charge in [-0.1, -0.05) is 30.4 Å². The van der Waals surface area contributed by atoms with Crippen molar-refractivity contribution < 1.29 is 18.4 Å². The van der Waals surface area contributed by atoms with E-state index in [0.29, 0.717) is 36.2 Å². The summed E-state index contributed by atoms with van der Waals surface area (Å²) in [6, 6.07) is 8.93. The van der Waals surface area contributed by atoms with Crippen molar-refractivity contribution in [3.8, 4) is 0 Å². The quantitative estimate of drug-likeness (QED) is 0.310. The number of amides is 1. The van der Waals surface area contributed by atoms with E-state index in [1.54, 1.807) is 12.3 Å². The van der Waals surface area contributed by atoms with Crippen LogP contribution in [0.5, 0.6) is 0 Å². The van der Waals surface area contributed by atoms with Crippen molar-refractivity contribution in [3.05, 3.63) is 117 Å². The molecule has 10 heteroatoms. The van der Waals surface area contributed by atoms with E-state index < -0.39 is 17.2 Å². The van der Waals surface area contributed by atoms with E-state index in [9.17, 15) is 23.2 Å². The third-order valence-electron chi connectivity index (χ3n) is 6.67. The molecular formula is C30H25F2N5O3. The summed E-state index contributed by atoms with van der Waals surface area (Å²) in [5.41, 5.74) is 10.0. The summed E-state index contributed by atoms with van der Waals surface area (Å²) in [5, 5.41) is 2.88. The molecule has 0 atom stereocenters. The molecule has 1 amide bonds. The van der Waals surface area contributed by atoms with Crippen molar-refractivity contribution >= 4 is 35.2 Å². The fraction of sp³-hybridized carbons (Fsp3) is 0.167. The number of aliphatic imine (C=N–C) groups is 1. The van der Waals surface area contributed by atoms with Gasteiger partial charge < -0.3 is 11.1 Å². The first-order chi connectivity index (χ1) is 19.3. The lowest BCUT2D eigenvalue weighted by Crippen LogP contribution is -2.27. The van der Waals surface area contributed by atoms with Gasteiger partial charge in [0.2, 0.25) is 0 Å². The summed E-state index contributed by atoms with van der Waals surface area (Å²) in [6.07, 6.45) is 10.8. The Morgan fingerprint density at radius 1 is 1.12 bits per heavy atom. The molecule has 0 radical (unpaired) electrons. The number of hydrogen-bond donors (Lipinski definition) is 2. The fourth-order valence-electron chi connectivity index (χ4n) is 4.53. The Morgan fingerprint density at radius 2 is 1.98 bits per heavy atom. The fourth-order valence-corrected chi connectivity index (χ4v) is 4.53. The summed E-state index contributed by atoms with van der Waals surface area (Å²) in [7, 11) is 0. The molecule has 0 aliphatic carbocycles. The van der Waals surface area contributed by atoms with E-state index in [4.69, 9.17) is 5.73 Å². The zero-order valence-corrected chi connectivity index (χ0v) is 21.4. The highest BCUT2D eigenvalue weighted by Gasteiger charge is 2.25. The minimum absolute atomic E-state index is 0.0468. The van der Waals surface area contributed by atoms with E-state index in [0.717, 1.165) is 34.5 Å². The van der Waals surface area contributed by atoms with Crippen molar-refractivity contribution in [1.29, 1.82) is 0 Å². The maximum atomic E-state index is 13.5. The number of benzene rings is 2. The Morgan fingerprint density at radius 3 is 2.77 bits per heavy atom. The predicted molar refractivity (Wildman–Crippen MR) is 149 cm³/mol. The Bertz CT molecular complexity index is 1700. The van der Waals surface area contributed by atoms with Crippen LogP contribution in [0.2, 0.25) is 0 Å². The molecule has 0 spiro atoms. The van der Waals surface area contributed by atoms with Gasteiger partial charge in [0.1, 0.15) is 5.56 Å². The van der Waals surface area contributed by atoms with Crippen molar-refractivity contribution in [1.82, 2.24) is 9.55 Å². The summed E-state index contributed by atoms with van der Waals surface area (Å²) in [6.45, 7) is 0.336. The molecule has 3 N–H and O–H groups in total. The number of Topliss-reactive ketones (excluding diaryl/α,β-unsaturated/α-hetero) is 1. The van der Waals surface area contributed by atoms with Crippen LogP contribution < -0.4 is 16.6 Å². The second-order valence-corrected chi connectivity index (χ2v) is 9.38. The van der Waals surface area contributed by atoms with Gasteiger partial charge in [0.15, 0.2) is 17.4 Å². The largest absolute Gasteiger partial charge is 0.327 e. The SMILES string of the molecule is NCC1=C(/C=C2\C(=O)Nc3cc(/C=C/CCC(=O)c4cncn(Cc5ccc(F)c(F)c5)c4=O)ccc32)N=CC1. The van der Waals surface area contributed by atoms with Crippen molar-refractivity contribution in [2.75, 3.05) is 11.9 Å². The smallest absolute Gasteiger partial charge is 0.264 e. The van der Waals surface area contributed by atoms with Gasteiger partial charge in [0, 0.05) is 43.0 Å². The number of hydrogen-bond acceptors (Lipinski definition) is 6. The Hall–Kier alpha value is -4.83. The van der Waals surface area contributed by atoms with Crippen LogP contribution >= 0.6 is 0 Å². The molecule has 1 aromatic heterocycles. The summed E-state index contributed by atoms with van der Waals surface area (Å²) >= 11 is 0. The molecule has 3 aromatic rings. The van der Waals surface area contributed by atoms with Gasteiger partial charge in [-0.25, -0.2) is 13.8 Å². The van der Waals surface area contributed by atoms with Gasteiger partial charge in [-0.3, -0.25) is 23.9 Å². The summed E-state index contributed by atoms with van der Waals surface area (Å²) < 4.78 is 27.9. The third-order valence-corrected chi connectivity index (χ3v) is 6.67. The molecule has 2 aromatic carbocycles. The van der Waals surface area contributed by atoms with Gasteiger partial charge in [-0.15, -0.1) is 0 Å². The van der Waals surface area contributed by atoms with Crippen molar-refractivity contribution in [3.63, 3.8) is 0 Å². The van der Waals surface area contributed by atoms with Crippen molar-refractivity contribution in [2.24, 2.45) is 10.7 Å². The maximum Gasteiger partial charge on any atom is 0.264 e. The highest BCUT2D eigenvalue weighted by molar-refractivity contribution is 6.32. The molecule has 5 rings (SSSR count). The van der Waals surface area contributed by atoms with Gasteiger partial charge in [0.05, 0.1) is 24.1 Å². The average Bonchev–Trinajstić information content (AvgIpc) is 3.53. The van der Waals surface area contributed by atoms with Gasteiger partial charge in [-0.05, 0) is 47.4 Å². The van der Waals surface area contributed by atoms with Crippen LogP contribution in [-0.2, 0) is 11.3 Å². The Kier molecular flexibility index (Phi) is 7.70. The molecule has 0 saturated heterocycles. The molecule has 0 unspecified atom stereocenters. The number of carbonyl (C=O) groups is 2. The first-order valence-corrected chi connectivity index (χ1v) is 12.6. The van der Waals surface area contributed by atoms with Crippen LogP contribution in [0.3, 0.4) is 0 Å². The number of ketones is 1. The van der Waals surface area contributed by atoms with Crippen molar-refractivity contribution in [2.45, 2.75) is 25.8 Å². The minimum Gasteiger partial charge on any atom is -0.327 e. The number of nitrogens with two attached hydrogens (primary N) is 1. The highest BCUT2D eigenvalue weighted by Crippen LogP contribution is 2.34. The lowest BCUT2D eigenvalue weighted by Gasteiger charge is -2.07. The molecule has 3 heterocycles. The minimum atomic E-state index is -1.02. The van der Waals surface area contributed by atoms with E-state index in [-0.39, 0.29) is 30.2 Å². The van der Waals surface area contributed by atoms with Gasteiger partial charge >= 0.3 is 0 Å². The lowest BCUT2D eigenvalue weighted by atomic mass is 10.0.